The van der Waals surface area contributed by atoms with Gasteiger partial charge in [0.2, 0.25) is 0 Å². The number of rotatable bonds is 4. The second kappa shape index (κ2) is 7.65. The Kier molecular flexibility index (Phi) is 5.52. The van der Waals surface area contributed by atoms with Crippen LogP contribution in [0.5, 0.6) is 0 Å². The maximum Gasteiger partial charge on any atom is 0.258 e. The van der Waals surface area contributed by atoms with E-state index in [1.807, 2.05) is 20.9 Å². The van der Waals surface area contributed by atoms with Crippen molar-refractivity contribution in [2.45, 2.75) is 39.7 Å². The molecule has 0 aliphatic carbocycles. The minimum absolute atomic E-state index is 0.0265. The van der Waals surface area contributed by atoms with Gasteiger partial charge >= 0.3 is 0 Å². The summed E-state index contributed by atoms with van der Waals surface area (Å²) in [7, 11) is 1.83. The first-order valence-corrected chi connectivity index (χ1v) is 9.61. The van der Waals surface area contributed by atoms with Gasteiger partial charge in [-0.25, -0.2) is 0 Å². The minimum atomic E-state index is -0.0265. The average Bonchev–Trinajstić information content (AvgIpc) is 2.88. The standard InChI is InChI=1S/C20H25BrN2O2/c1-14-18(19(21)15(2)25-14)20(24)22(3)13-16-7-9-17(10-8-16)23-11-5-4-6-12-23/h7-10H,4-6,11-13H2,1-3H3. The highest BCUT2D eigenvalue weighted by Crippen LogP contribution is 2.28. The molecule has 1 saturated heterocycles. The van der Waals surface area contributed by atoms with Crippen LogP contribution in [-0.2, 0) is 6.54 Å². The highest BCUT2D eigenvalue weighted by atomic mass is 79.9. The lowest BCUT2D eigenvalue weighted by Gasteiger charge is -2.29. The fourth-order valence-electron chi connectivity index (χ4n) is 3.40. The van der Waals surface area contributed by atoms with Crippen LogP contribution >= 0.6 is 15.9 Å². The number of halogens is 1. The second-order valence-corrected chi connectivity index (χ2v) is 7.57. The molecule has 0 saturated carbocycles. The third-order valence-corrected chi connectivity index (χ3v) is 5.78. The summed E-state index contributed by atoms with van der Waals surface area (Å²) in [4.78, 5) is 16.9. The zero-order valence-electron chi connectivity index (χ0n) is 15.1. The minimum Gasteiger partial charge on any atom is -0.465 e. The molecule has 1 aromatic heterocycles. The van der Waals surface area contributed by atoms with E-state index < -0.39 is 0 Å². The molecule has 0 bridgehead atoms. The zero-order chi connectivity index (χ0) is 18.0. The summed E-state index contributed by atoms with van der Waals surface area (Å²) in [6.07, 6.45) is 3.89. The van der Waals surface area contributed by atoms with Gasteiger partial charge in [-0.15, -0.1) is 0 Å². The van der Waals surface area contributed by atoms with Crippen molar-refractivity contribution in [1.29, 1.82) is 0 Å². The number of anilines is 1. The fraction of sp³-hybridized carbons (Fsp3) is 0.450. The summed E-state index contributed by atoms with van der Waals surface area (Å²) in [5.74, 6) is 1.36. The van der Waals surface area contributed by atoms with Crippen LogP contribution in [0, 0.1) is 13.8 Å². The SMILES string of the molecule is Cc1oc(C)c(C(=O)N(C)Cc2ccc(N3CCCCC3)cc2)c1Br. The van der Waals surface area contributed by atoms with Crippen LogP contribution < -0.4 is 4.90 Å². The Morgan fingerprint density at radius 2 is 1.76 bits per heavy atom. The van der Waals surface area contributed by atoms with E-state index in [0.717, 1.165) is 28.9 Å². The summed E-state index contributed by atoms with van der Waals surface area (Å²) in [6.45, 7) is 6.55. The Bertz CT molecular complexity index is 746. The molecule has 1 aliphatic heterocycles. The van der Waals surface area contributed by atoms with Gasteiger partial charge in [-0.2, -0.15) is 0 Å². The summed E-state index contributed by atoms with van der Waals surface area (Å²) in [6, 6.07) is 8.58. The van der Waals surface area contributed by atoms with E-state index >= 15 is 0 Å². The molecule has 0 atom stereocenters. The molecular formula is C20H25BrN2O2. The van der Waals surface area contributed by atoms with Crippen LogP contribution in [0.2, 0.25) is 0 Å². The molecule has 2 aromatic rings. The van der Waals surface area contributed by atoms with Crippen LogP contribution in [0.4, 0.5) is 5.69 Å². The van der Waals surface area contributed by atoms with E-state index in [9.17, 15) is 4.79 Å². The number of piperidine rings is 1. The van der Waals surface area contributed by atoms with Crippen molar-refractivity contribution in [3.05, 3.63) is 51.4 Å². The van der Waals surface area contributed by atoms with Crippen molar-refractivity contribution in [3.8, 4) is 0 Å². The van der Waals surface area contributed by atoms with Gasteiger partial charge in [0.05, 0.1) is 10.0 Å². The van der Waals surface area contributed by atoms with Crippen LogP contribution in [0.25, 0.3) is 0 Å². The van der Waals surface area contributed by atoms with Gasteiger partial charge in [0.25, 0.3) is 5.91 Å². The first-order chi connectivity index (χ1) is 12.0. The van der Waals surface area contributed by atoms with Gasteiger partial charge in [-0.3, -0.25) is 4.79 Å². The van der Waals surface area contributed by atoms with E-state index in [1.165, 1.54) is 24.9 Å². The molecule has 3 rings (SSSR count). The molecule has 4 nitrogen and oxygen atoms in total. The number of hydrogen-bond donors (Lipinski definition) is 0. The molecule has 1 aromatic carbocycles. The number of amides is 1. The number of aryl methyl sites for hydroxylation is 2. The maximum atomic E-state index is 12.7. The predicted octanol–water partition coefficient (Wildman–Crippen LogP) is 4.92. The Morgan fingerprint density at radius 3 is 2.32 bits per heavy atom. The summed E-state index contributed by atoms with van der Waals surface area (Å²) in [5, 5.41) is 0. The van der Waals surface area contributed by atoms with Crippen LogP contribution in [-0.4, -0.2) is 30.9 Å². The number of benzene rings is 1. The van der Waals surface area contributed by atoms with Gasteiger partial charge in [0.1, 0.15) is 11.5 Å². The molecule has 5 heteroatoms. The van der Waals surface area contributed by atoms with Crippen LogP contribution in [0.1, 0.15) is 46.7 Å². The summed E-state index contributed by atoms with van der Waals surface area (Å²) >= 11 is 3.46. The summed E-state index contributed by atoms with van der Waals surface area (Å²) < 4.78 is 6.30. The lowest BCUT2D eigenvalue weighted by Crippen LogP contribution is -2.29. The van der Waals surface area contributed by atoms with Gasteiger partial charge in [0, 0.05) is 32.4 Å². The van der Waals surface area contributed by atoms with Crippen LogP contribution in [0.15, 0.2) is 33.2 Å². The maximum absolute atomic E-state index is 12.7. The van der Waals surface area contributed by atoms with Gasteiger partial charge in [-0.05, 0) is 66.7 Å². The molecule has 0 radical (unpaired) electrons. The van der Waals surface area contributed by atoms with Crippen molar-refractivity contribution < 1.29 is 9.21 Å². The normalized spacial score (nSPS) is 14.6. The lowest BCUT2D eigenvalue weighted by atomic mass is 10.1. The monoisotopic (exact) mass is 404 g/mol. The number of furan rings is 1. The van der Waals surface area contributed by atoms with Gasteiger partial charge in [0.15, 0.2) is 0 Å². The molecule has 0 N–H and O–H groups in total. The van der Waals surface area contributed by atoms with E-state index in [0.29, 0.717) is 17.9 Å². The number of carbonyl (C=O) groups excluding carboxylic acids is 1. The van der Waals surface area contributed by atoms with Gasteiger partial charge < -0.3 is 14.2 Å². The largest absolute Gasteiger partial charge is 0.465 e. The lowest BCUT2D eigenvalue weighted by molar-refractivity contribution is 0.0782. The summed E-state index contributed by atoms with van der Waals surface area (Å²) in [5.41, 5.74) is 3.03. The highest BCUT2D eigenvalue weighted by molar-refractivity contribution is 9.10. The third-order valence-electron chi connectivity index (χ3n) is 4.82. The van der Waals surface area contributed by atoms with E-state index in [-0.39, 0.29) is 5.91 Å². The number of nitrogens with zero attached hydrogens (tertiary/aromatic N) is 2. The molecule has 1 amide bonds. The van der Waals surface area contributed by atoms with Crippen molar-refractivity contribution in [2.24, 2.45) is 0 Å². The number of carbonyl (C=O) groups is 1. The number of hydrogen-bond acceptors (Lipinski definition) is 3. The van der Waals surface area contributed by atoms with E-state index in [1.54, 1.807) is 4.90 Å². The topological polar surface area (TPSA) is 36.7 Å². The molecule has 0 spiro atoms. The fourth-order valence-corrected chi connectivity index (χ4v) is 3.93. The van der Waals surface area contributed by atoms with Crippen molar-refractivity contribution in [3.63, 3.8) is 0 Å². The van der Waals surface area contributed by atoms with Crippen LogP contribution in [0.3, 0.4) is 0 Å². The Balaban J connectivity index is 1.68. The molecule has 0 unspecified atom stereocenters. The predicted molar refractivity (Wildman–Crippen MR) is 104 cm³/mol. The average molecular weight is 405 g/mol. The smallest absolute Gasteiger partial charge is 0.258 e. The first kappa shape index (κ1) is 18.1. The Morgan fingerprint density at radius 1 is 1.12 bits per heavy atom. The van der Waals surface area contributed by atoms with Gasteiger partial charge in [-0.1, -0.05) is 12.1 Å². The molecule has 25 heavy (non-hydrogen) atoms. The molecule has 134 valence electrons. The first-order valence-electron chi connectivity index (χ1n) is 8.82. The van der Waals surface area contributed by atoms with Crippen molar-refractivity contribution >= 4 is 27.5 Å². The molecule has 1 aliphatic rings. The Labute approximate surface area is 157 Å². The third kappa shape index (κ3) is 3.92. The van der Waals surface area contributed by atoms with E-state index in [4.69, 9.17) is 4.42 Å². The molecular weight excluding hydrogens is 380 g/mol. The quantitative estimate of drug-likeness (QED) is 0.725. The zero-order valence-corrected chi connectivity index (χ0v) is 16.7. The Hall–Kier alpha value is -1.75. The second-order valence-electron chi connectivity index (χ2n) is 6.78. The molecule has 2 heterocycles. The molecule has 1 fully saturated rings. The van der Waals surface area contributed by atoms with E-state index in [2.05, 4.69) is 45.1 Å². The highest BCUT2D eigenvalue weighted by Gasteiger charge is 2.23. The van der Waals surface area contributed by atoms with Crippen molar-refractivity contribution in [1.82, 2.24) is 4.90 Å². The van der Waals surface area contributed by atoms with Crippen molar-refractivity contribution in [2.75, 3.05) is 25.0 Å².